The molecule has 2 heterocycles. The quantitative estimate of drug-likeness (QED) is 0.880. The summed E-state index contributed by atoms with van der Waals surface area (Å²) in [7, 11) is 1.88. The highest BCUT2D eigenvalue weighted by atomic mass is 32.1. The third kappa shape index (κ3) is 3.20. The van der Waals surface area contributed by atoms with Gasteiger partial charge in [0.2, 0.25) is 0 Å². The van der Waals surface area contributed by atoms with Gasteiger partial charge < -0.3 is 10.6 Å². The molecule has 19 heavy (non-hydrogen) atoms. The van der Waals surface area contributed by atoms with Crippen molar-refractivity contribution in [3.8, 4) is 0 Å². The Labute approximate surface area is 117 Å². The largest absolute Gasteiger partial charge is 0.373 e. The van der Waals surface area contributed by atoms with Crippen molar-refractivity contribution in [2.24, 2.45) is 0 Å². The van der Waals surface area contributed by atoms with E-state index in [0.717, 1.165) is 40.1 Å². The minimum Gasteiger partial charge on any atom is -0.373 e. The Bertz CT molecular complexity index is 564. The molecule has 6 heteroatoms. The van der Waals surface area contributed by atoms with Gasteiger partial charge in [0, 0.05) is 30.1 Å². The van der Waals surface area contributed by atoms with E-state index in [4.69, 9.17) is 0 Å². The zero-order valence-corrected chi connectivity index (χ0v) is 12.6. The predicted octanol–water partition coefficient (Wildman–Crippen LogP) is 2.77. The van der Waals surface area contributed by atoms with Crippen LogP contribution in [0.15, 0.2) is 5.38 Å². The number of nitrogens with zero attached hydrogens (tertiary/aromatic N) is 3. The molecule has 0 amide bonds. The smallest absolute Gasteiger partial charge is 0.135 e. The predicted molar refractivity (Wildman–Crippen MR) is 79.9 cm³/mol. The molecule has 0 aliphatic carbocycles. The first kappa shape index (κ1) is 13.7. The fraction of sp³-hybridized carbons (Fsp3) is 0.462. The Balaban J connectivity index is 2.19. The number of aryl methyl sites for hydroxylation is 2. The molecule has 2 aromatic heterocycles. The number of aromatic nitrogens is 3. The van der Waals surface area contributed by atoms with Crippen LogP contribution in [0.2, 0.25) is 0 Å². The van der Waals surface area contributed by atoms with Crippen LogP contribution < -0.4 is 10.6 Å². The fourth-order valence-corrected chi connectivity index (χ4v) is 2.49. The minimum atomic E-state index is 0.697. The molecule has 2 aromatic rings. The van der Waals surface area contributed by atoms with E-state index in [2.05, 4.69) is 37.9 Å². The van der Waals surface area contributed by atoms with E-state index < -0.39 is 0 Å². The third-order valence-corrected chi connectivity index (χ3v) is 3.79. The van der Waals surface area contributed by atoms with Crippen molar-refractivity contribution in [1.29, 1.82) is 0 Å². The first-order valence-corrected chi connectivity index (χ1v) is 7.22. The van der Waals surface area contributed by atoms with Gasteiger partial charge in [0.15, 0.2) is 0 Å². The molecule has 0 aliphatic heterocycles. The molecule has 2 rings (SSSR count). The molecule has 0 spiro atoms. The van der Waals surface area contributed by atoms with Crippen molar-refractivity contribution in [1.82, 2.24) is 15.0 Å². The molecular formula is C13H19N5S. The Kier molecular flexibility index (Phi) is 4.31. The summed E-state index contributed by atoms with van der Waals surface area (Å²) >= 11 is 1.66. The molecule has 2 N–H and O–H groups in total. The van der Waals surface area contributed by atoms with Crippen LogP contribution in [0.5, 0.6) is 0 Å². The first-order chi connectivity index (χ1) is 9.13. The van der Waals surface area contributed by atoms with Crippen molar-refractivity contribution in [2.75, 3.05) is 17.7 Å². The number of hydrogen-bond donors (Lipinski definition) is 2. The second-order valence-electron chi connectivity index (χ2n) is 4.30. The van der Waals surface area contributed by atoms with Crippen molar-refractivity contribution >= 4 is 23.0 Å². The lowest BCUT2D eigenvalue weighted by Crippen LogP contribution is -2.09. The summed E-state index contributed by atoms with van der Waals surface area (Å²) in [6, 6.07) is 0. The van der Waals surface area contributed by atoms with Gasteiger partial charge in [-0.2, -0.15) is 0 Å². The Hall–Kier alpha value is -1.69. The maximum Gasteiger partial charge on any atom is 0.135 e. The normalized spacial score (nSPS) is 10.5. The fourth-order valence-electron chi connectivity index (χ4n) is 1.78. The average molecular weight is 277 g/mol. The number of anilines is 2. The van der Waals surface area contributed by atoms with Crippen LogP contribution in [0.25, 0.3) is 0 Å². The van der Waals surface area contributed by atoms with Crippen molar-refractivity contribution in [3.05, 3.63) is 27.5 Å². The topological polar surface area (TPSA) is 62.7 Å². The molecule has 0 aliphatic rings. The zero-order valence-electron chi connectivity index (χ0n) is 11.7. The lowest BCUT2D eigenvalue weighted by molar-refractivity contribution is 0.922. The minimum absolute atomic E-state index is 0.697. The van der Waals surface area contributed by atoms with E-state index in [1.165, 1.54) is 0 Å². The van der Waals surface area contributed by atoms with Crippen LogP contribution in [-0.4, -0.2) is 22.0 Å². The van der Waals surface area contributed by atoms with Crippen LogP contribution >= 0.6 is 11.3 Å². The number of hydrogen-bond acceptors (Lipinski definition) is 6. The molecule has 0 saturated heterocycles. The van der Waals surface area contributed by atoms with E-state index in [1.54, 1.807) is 11.3 Å². The average Bonchev–Trinajstić information content (AvgIpc) is 2.83. The summed E-state index contributed by atoms with van der Waals surface area (Å²) in [5, 5.41) is 9.58. The highest BCUT2D eigenvalue weighted by molar-refractivity contribution is 7.09. The van der Waals surface area contributed by atoms with Gasteiger partial charge in [0.05, 0.1) is 6.54 Å². The van der Waals surface area contributed by atoms with Gasteiger partial charge in [-0.3, -0.25) is 0 Å². The molecule has 0 atom stereocenters. The molecule has 5 nitrogen and oxygen atoms in total. The highest BCUT2D eigenvalue weighted by Crippen LogP contribution is 2.21. The summed E-state index contributed by atoms with van der Waals surface area (Å²) in [5.74, 6) is 2.60. The van der Waals surface area contributed by atoms with Gasteiger partial charge in [-0.05, 0) is 13.8 Å². The molecule has 0 aromatic carbocycles. The molecule has 102 valence electrons. The summed E-state index contributed by atoms with van der Waals surface area (Å²) in [5.41, 5.74) is 2.10. The molecule has 0 unspecified atom stereocenters. The van der Waals surface area contributed by atoms with Crippen LogP contribution in [0.3, 0.4) is 0 Å². The summed E-state index contributed by atoms with van der Waals surface area (Å²) < 4.78 is 0. The van der Waals surface area contributed by atoms with Crippen molar-refractivity contribution < 1.29 is 0 Å². The second kappa shape index (κ2) is 5.97. The van der Waals surface area contributed by atoms with Gasteiger partial charge >= 0.3 is 0 Å². The van der Waals surface area contributed by atoms with Crippen LogP contribution in [0.4, 0.5) is 11.6 Å². The molecule has 0 fully saturated rings. The molecule has 0 radical (unpaired) electrons. The lowest BCUT2D eigenvalue weighted by Gasteiger charge is -2.12. The molecule has 0 bridgehead atoms. The number of nitrogens with one attached hydrogen (secondary N) is 2. The zero-order chi connectivity index (χ0) is 13.8. The van der Waals surface area contributed by atoms with Gasteiger partial charge in [0.25, 0.3) is 0 Å². The maximum absolute atomic E-state index is 4.54. The SMILES string of the molecule is CCc1nc(NC)c(C)c(NCc2nc(C)cs2)n1. The van der Waals surface area contributed by atoms with E-state index in [0.29, 0.717) is 6.54 Å². The standard InChI is InChI=1S/C13H19N5S/c1-5-10-17-12(14-4)9(3)13(18-10)15-6-11-16-8(2)7-19-11/h7H,5-6H2,1-4H3,(H2,14,15,17,18). The Morgan fingerprint density at radius 3 is 2.47 bits per heavy atom. The number of thiazole rings is 1. The van der Waals surface area contributed by atoms with Crippen molar-refractivity contribution in [3.63, 3.8) is 0 Å². The van der Waals surface area contributed by atoms with E-state index in [1.807, 2.05) is 20.9 Å². The summed E-state index contributed by atoms with van der Waals surface area (Å²) in [6.45, 7) is 6.77. The molecule has 0 saturated carbocycles. The van der Waals surface area contributed by atoms with Crippen LogP contribution in [0, 0.1) is 13.8 Å². The lowest BCUT2D eigenvalue weighted by atomic mass is 10.3. The summed E-state index contributed by atoms with van der Waals surface area (Å²) in [6.07, 6.45) is 0.819. The highest BCUT2D eigenvalue weighted by Gasteiger charge is 2.09. The van der Waals surface area contributed by atoms with E-state index in [-0.39, 0.29) is 0 Å². The van der Waals surface area contributed by atoms with Gasteiger partial charge in [-0.25, -0.2) is 15.0 Å². The first-order valence-electron chi connectivity index (χ1n) is 6.34. The monoisotopic (exact) mass is 277 g/mol. The number of rotatable bonds is 5. The van der Waals surface area contributed by atoms with Crippen LogP contribution in [-0.2, 0) is 13.0 Å². The van der Waals surface area contributed by atoms with Crippen molar-refractivity contribution in [2.45, 2.75) is 33.7 Å². The Morgan fingerprint density at radius 2 is 1.89 bits per heavy atom. The van der Waals surface area contributed by atoms with E-state index in [9.17, 15) is 0 Å². The van der Waals surface area contributed by atoms with Gasteiger partial charge in [-0.15, -0.1) is 11.3 Å². The molecular weight excluding hydrogens is 258 g/mol. The summed E-state index contributed by atoms with van der Waals surface area (Å²) in [4.78, 5) is 13.4. The van der Waals surface area contributed by atoms with E-state index >= 15 is 0 Å². The van der Waals surface area contributed by atoms with Gasteiger partial charge in [0.1, 0.15) is 22.5 Å². The second-order valence-corrected chi connectivity index (χ2v) is 5.24. The van der Waals surface area contributed by atoms with Crippen LogP contribution in [0.1, 0.15) is 29.0 Å². The Morgan fingerprint density at radius 1 is 1.16 bits per heavy atom. The van der Waals surface area contributed by atoms with Gasteiger partial charge in [-0.1, -0.05) is 6.92 Å². The maximum atomic E-state index is 4.54. The third-order valence-electron chi connectivity index (χ3n) is 2.82.